The highest BCUT2D eigenvalue weighted by molar-refractivity contribution is 9.10. The molecule has 2 saturated carbocycles. The third-order valence-corrected chi connectivity index (χ3v) is 12.0. The smallest absolute Gasteiger partial charge is 0.423 e. The number of nitriles is 2. The van der Waals surface area contributed by atoms with Gasteiger partial charge in [0.1, 0.15) is 23.5 Å². The summed E-state index contributed by atoms with van der Waals surface area (Å²) < 4.78 is 4.40. The van der Waals surface area contributed by atoms with E-state index in [4.69, 9.17) is 20.6 Å². The maximum atomic E-state index is 13.3. The summed E-state index contributed by atoms with van der Waals surface area (Å²) in [5.74, 6) is -0.679. The second kappa shape index (κ2) is 21.2. The number of aromatic nitrogens is 6. The Bertz CT molecular complexity index is 3310. The van der Waals surface area contributed by atoms with Gasteiger partial charge in [0.25, 0.3) is 23.6 Å². The van der Waals surface area contributed by atoms with Crippen molar-refractivity contribution in [3.8, 4) is 23.3 Å². The van der Waals surface area contributed by atoms with Crippen molar-refractivity contribution in [1.82, 2.24) is 39.8 Å². The predicted molar refractivity (Wildman–Crippen MR) is 264 cm³/mol. The molecule has 4 amide bonds. The Morgan fingerprint density at radius 3 is 1.53 bits per heavy atom. The van der Waals surface area contributed by atoms with Gasteiger partial charge in [0.05, 0.1) is 39.0 Å². The van der Waals surface area contributed by atoms with Gasteiger partial charge >= 0.3 is 7.12 Å². The van der Waals surface area contributed by atoms with Crippen molar-refractivity contribution in [1.29, 1.82) is 10.5 Å². The Hall–Kier alpha value is -8.56. The highest BCUT2D eigenvalue weighted by Gasteiger charge is 2.36. The molecular weight excluding hydrogens is 955 g/mol. The first-order chi connectivity index (χ1) is 33.9. The van der Waals surface area contributed by atoms with Crippen LogP contribution in [0.2, 0.25) is 0 Å². The number of rotatable bonds is 10. The Balaban J connectivity index is 0.000000155. The molecule has 8 aromatic rings. The van der Waals surface area contributed by atoms with Gasteiger partial charge in [-0.05, 0) is 125 Å². The van der Waals surface area contributed by atoms with Crippen molar-refractivity contribution < 1.29 is 29.2 Å². The number of benzene rings is 2. The van der Waals surface area contributed by atoms with Crippen molar-refractivity contribution in [2.75, 3.05) is 23.9 Å². The monoisotopic (exact) mass is 996 g/mol. The van der Waals surface area contributed by atoms with Crippen LogP contribution in [-0.4, -0.2) is 96.2 Å². The number of pyridine rings is 4. The van der Waals surface area contributed by atoms with Crippen molar-refractivity contribution in [3.63, 3.8) is 0 Å². The lowest BCUT2D eigenvalue weighted by atomic mass is 9.80. The van der Waals surface area contributed by atoms with Crippen LogP contribution in [-0.2, 0) is 0 Å². The first-order valence-corrected chi connectivity index (χ1v) is 22.7. The zero-order chi connectivity index (χ0) is 49.5. The zero-order valence-corrected chi connectivity index (χ0v) is 39.2. The molecule has 20 heteroatoms. The number of hydrogen-bond acceptors (Lipinski definition) is 12. The summed E-state index contributed by atoms with van der Waals surface area (Å²) in [4.78, 5) is 61.0. The molecule has 2 aromatic carbocycles. The fourth-order valence-corrected chi connectivity index (χ4v) is 7.79. The van der Waals surface area contributed by atoms with E-state index in [1.54, 1.807) is 74.7 Å². The van der Waals surface area contributed by atoms with Gasteiger partial charge < -0.3 is 30.5 Å². The maximum absolute atomic E-state index is 13.3. The van der Waals surface area contributed by atoms with Crippen molar-refractivity contribution in [2.24, 2.45) is 0 Å². The summed E-state index contributed by atoms with van der Waals surface area (Å²) in [5, 5.41) is 49.1. The largest absolute Gasteiger partial charge is 0.488 e. The molecule has 2 aliphatic rings. The molecule has 0 spiro atoms. The minimum Gasteiger partial charge on any atom is -0.423 e. The van der Waals surface area contributed by atoms with Crippen LogP contribution < -0.4 is 25.9 Å². The Morgan fingerprint density at radius 1 is 0.643 bits per heavy atom. The molecule has 18 nitrogen and oxygen atoms in total. The van der Waals surface area contributed by atoms with Crippen LogP contribution >= 0.6 is 15.9 Å². The first-order valence-electron chi connectivity index (χ1n) is 21.9. The number of nitrogens with zero attached hydrogens (tertiary/aromatic N) is 10. The van der Waals surface area contributed by atoms with Crippen LogP contribution in [0.3, 0.4) is 0 Å². The molecule has 6 aromatic heterocycles. The quantitative estimate of drug-likeness (QED) is 0.127. The number of carbonyl (C=O) groups excluding carboxylic acids is 4. The van der Waals surface area contributed by atoms with Gasteiger partial charge in [-0.3, -0.25) is 19.2 Å². The molecule has 348 valence electrons. The van der Waals surface area contributed by atoms with Crippen LogP contribution in [0.4, 0.5) is 11.4 Å². The molecule has 0 aliphatic heterocycles. The van der Waals surface area contributed by atoms with Gasteiger partial charge in [-0.1, -0.05) is 24.3 Å². The minimum absolute atomic E-state index is 0.121. The van der Waals surface area contributed by atoms with Crippen LogP contribution in [0.1, 0.15) is 78.5 Å². The topological polar surface area (TPSA) is 247 Å². The van der Waals surface area contributed by atoms with Crippen molar-refractivity contribution in [3.05, 3.63) is 172 Å². The maximum Gasteiger partial charge on any atom is 0.488 e. The summed E-state index contributed by atoms with van der Waals surface area (Å²) in [5.41, 5.74) is 8.11. The van der Waals surface area contributed by atoms with Gasteiger partial charge in [0.15, 0.2) is 0 Å². The Kier molecular flexibility index (Phi) is 14.5. The van der Waals surface area contributed by atoms with Gasteiger partial charge in [-0.25, -0.2) is 19.0 Å². The van der Waals surface area contributed by atoms with Gasteiger partial charge in [-0.2, -0.15) is 20.7 Å². The third kappa shape index (κ3) is 10.7. The molecule has 4 N–H and O–H groups in total. The fourth-order valence-electron chi connectivity index (χ4n) is 7.40. The van der Waals surface area contributed by atoms with Gasteiger partial charge in [0.2, 0.25) is 0 Å². The molecule has 2 fully saturated rings. The molecule has 0 bridgehead atoms. The molecular formula is C50H42BBrN12O6. The highest BCUT2D eigenvalue weighted by Crippen LogP contribution is 2.36. The van der Waals surface area contributed by atoms with Crippen LogP contribution in [0, 0.1) is 22.7 Å². The van der Waals surface area contributed by atoms with Crippen molar-refractivity contribution >= 4 is 74.5 Å². The zero-order valence-electron chi connectivity index (χ0n) is 37.6. The average Bonchev–Trinajstić information content (AvgIpc) is 4.35. The molecule has 10 rings (SSSR count). The highest BCUT2D eigenvalue weighted by atomic mass is 79.9. The van der Waals surface area contributed by atoms with E-state index in [2.05, 4.69) is 46.7 Å². The molecule has 6 heterocycles. The summed E-state index contributed by atoms with van der Waals surface area (Å²) in [6, 6.07) is 31.8. The third-order valence-electron chi connectivity index (χ3n) is 11.4. The van der Waals surface area contributed by atoms with Crippen LogP contribution in [0.25, 0.3) is 22.2 Å². The summed E-state index contributed by atoms with van der Waals surface area (Å²) in [6.45, 7) is 0. The number of nitrogens with one attached hydrogen (secondary N) is 2. The number of amides is 4. The van der Waals surface area contributed by atoms with E-state index in [1.807, 2.05) is 60.9 Å². The average molecular weight is 998 g/mol. The number of halogens is 1. The van der Waals surface area contributed by atoms with E-state index in [-0.39, 0.29) is 35.7 Å². The Morgan fingerprint density at radius 2 is 1.10 bits per heavy atom. The molecule has 70 heavy (non-hydrogen) atoms. The number of carbonyl (C=O) groups is 4. The van der Waals surface area contributed by atoms with E-state index in [0.717, 1.165) is 63.7 Å². The predicted octanol–water partition coefficient (Wildman–Crippen LogP) is 5.34. The lowest BCUT2D eigenvalue weighted by molar-refractivity contribution is 0.0955. The van der Waals surface area contributed by atoms with Gasteiger partial charge in [-0.15, -0.1) is 0 Å². The van der Waals surface area contributed by atoms with E-state index < -0.39 is 7.12 Å². The molecule has 0 atom stereocenters. The van der Waals surface area contributed by atoms with E-state index >= 15 is 0 Å². The standard InChI is InChI=1S/C25H20N6O2.C17H12BrN5O.C8H10BNO3/c1-27-24(32)18-5-3-17(4-6-18)21-15-29-30-11-10-20(12-23(21)30)31(19-7-8-19)25(33)22-9-2-16(13-26)14-28-22;18-14-10-21-22-6-5-13(7-16(14)22)23(12-2-3-12)17(24)15-4-1-11(8-19)9-20-15;1-10-8(11)6-2-4-7(5-3-6)9(12)13/h2-6,9-12,14-15,19H,7-8H2,1H3,(H,27,32);1,4-7,9-10,12H,2-3H2;2-5,12-13H,1H3,(H,10,11). The first kappa shape index (κ1) is 47.9. The Labute approximate surface area is 409 Å². The minimum atomic E-state index is -1.49. The van der Waals surface area contributed by atoms with E-state index in [1.165, 1.54) is 43.7 Å². The lowest BCUT2D eigenvalue weighted by Gasteiger charge is -2.22. The molecule has 0 radical (unpaired) electrons. The second-order valence-electron chi connectivity index (χ2n) is 16.1. The molecule has 2 aliphatic carbocycles. The van der Waals surface area contributed by atoms with Crippen molar-refractivity contribution in [2.45, 2.75) is 37.8 Å². The normalized spacial score (nSPS) is 12.5. The number of fused-ring (bicyclic) bond motifs is 2. The summed E-state index contributed by atoms with van der Waals surface area (Å²) in [6.07, 6.45) is 13.8. The fraction of sp³-hybridized carbons (Fsp3) is 0.160. The molecule has 0 saturated heterocycles. The SMILES string of the molecule is CNC(=O)c1ccc(-c2cnn3ccc(N(C(=O)c4ccc(C#N)cn4)C4CC4)cc23)cc1.CNC(=O)c1ccc(B(O)O)cc1.N#Cc1ccc(C(=O)N(c2ccn3ncc(Br)c3c2)C2CC2)nc1. The molecule has 0 unspecified atom stereocenters. The van der Waals surface area contributed by atoms with E-state index in [0.29, 0.717) is 39.1 Å². The number of hydrogen-bond donors (Lipinski definition) is 4. The van der Waals surface area contributed by atoms with Crippen LogP contribution in [0.5, 0.6) is 0 Å². The van der Waals surface area contributed by atoms with Crippen LogP contribution in [0.15, 0.2) is 139 Å². The lowest BCUT2D eigenvalue weighted by Crippen LogP contribution is -2.33. The summed E-state index contributed by atoms with van der Waals surface area (Å²) in [7, 11) is 1.65. The second-order valence-corrected chi connectivity index (χ2v) is 17.0. The number of anilines is 2. The van der Waals surface area contributed by atoms with Gasteiger partial charge in [0, 0.05) is 79.0 Å². The summed E-state index contributed by atoms with van der Waals surface area (Å²) >= 11 is 3.47. The van der Waals surface area contributed by atoms with E-state index in [9.17, 15) is 19.2 Å².